The molecule has 26 heavy (non-hydrogen) atoms. The summed E-state index contributed by atoms with van der Waals surface area (Å²) in [6.07, 6.45) is 3.15. The molecule has 1 unspecified atom stereocenters. The van der Waals surface area contributed by atoms with Gasteiger partial charge >= 0.3 is 0 Å². The van der Waals surface area contributed by atoms with Gasteiger partial charge in [-0.15, -0.1) is 0 Å². The number of nitro groups is 1. The van der Waals surface area contributed by atoms with Crippen molar-refractivity contribution in [1.29, 1.82) is 0 Å². The van der Waals surface area contributed by atoms with Gasteiger partial charge in [0.15, 0.2) is 0 Å². The molecule has 3 rings (SSSR count). The molecule has 1 saturated heterocycles. The first-order valence-electron chi connectivity index (χ1n) is 8.05. The third-order valence-corrected chi connectivity index (χ3v) is 5.21. The lowest BCUT2D eigenvalue weighted by molar-refractivity contribution is -0.384. The standard InChI is InChI=1S/C17H16Br2N4O3/c18-12-3-5-14(15(8-12)23(25)26)22-7-1-2-11(10-22)17(24)21-16-6-4-13(19)9-20-16/h3-6,8-9,11H,1-2,7,10H2,(H,20,21,24). The normalized spacial score (nSPS) is 17.0. The number of amides is 1. The SMILES string of the molecule is O=C(Nc1ccc(Br)cn1)C1CCCN(c2ccc(Br)cc2[N+](=O)[O-])C1. The van der Waals surface area contributed by atoms with Crippen molar-refractivity contribution < 1.29 is 9.72 Å². The Morgan fingerprint density at radius 1 is 1.27 bits per heavy atom. The van der Waals surface area contributed by atoms with Gasteiger partial charge in [-0.2, -0.15) is 0 Å². The quantitative estimate of drug-likeness (QED) is 0.515. The lowest BCUT2D eigenvalue weighted by atomic mass is 9.96. The van der Waals surface area contributed by atoms with Crippen molar-refractivity contribution in [3.63, 3.8) is 0 Å². The predicted octanol–water partition coefficient (Wildman–Crippen LogP) is 4.37. The summed E-state index contributed by atoms with van der Waals surface area (Å²) in [5, 5.41) is 14.2. The third-order valence-electron chi connectivity index (χ3n) is 4.25. The Balaban J connectivity index is 1.74. The minimum absolute atomic E-state index is 0.0370. The van der Waals surface area contributed by atoms with Gasteiger partial charge in [0.2, 0.25) is 5.91 Å². The van der Waals surface area contributed by atoms with Crippen LogP contribution < -0.4 is 10.2 Å². The monoisotopic (exact) mass is 482 g/mol. The van der Waals surface area contributed by atoms with Crippen molar-refractivity contribution in [1.82, 2.24) is 4.98 Å². The summed E-state index contributed by atoms with van der Waals surface area (Å²) in [6, 6.07) is 8.52. The lowest BCUT2D eigenvalue weighted by Crippen LogP contribution is -2.41. The molecule has 2 aromatic rings. The first-order valence-corrected chi connectivity index (χ1v) is 9.64. The fraction of sp³-hybridized carbons (Fsp3) is 0.294. The van der Waals surface area contributed by atoms with Gasteiger partial charge in [-0.25, -0.2) is 4.98 Å². The Morgan fingerprint density at radius 2 is 2.04 bits per heavy atom. The molecular weight excluding hydrogens is 468 g/mol. The van der Waals surface area contributed by atoms with Gasteiger partial charge in [0.05, 0.1) is 10.8 Å². The van der Waals surface area contributed by atoms with E-state index in [1.807, 2.05) is 4.90 Å². The van der Waals surface area contributed by atoms with E-state index in [1.54, 1.807) is 30.5 Å². The summed E-state index contributed by atoms with van der Waals surface area (Å²) in [5.41, 5.74) is 0.576. The Labute approximate surface area is 167 Å². The molecule has 1 aromatic heterocycles. The molecule has 1 aliphatic rings. The molecule has 0 spiro atoms. The maximum absolute atomic E-state index is 12.6. The number of piperidine rings is 1. The van der Waals surface area contributed by atoms with Crippen molar-refractivity contribution >= 4 is 55.0 Å². The van der Waals surface area contributed by atoms with Gasteiger partial charge in [0.25, 0.3) is 5.69 Å². The number of hydrogen-bond acceptors (Lipinski definition) is 5. The number of benzene rings is 1. The average Bonchev–Trinajstić information content (AvgIpc) is 2.63. The van der Waals surface area contributed by atoms with E-state index < -0.39 is 4.92 Å². The Kier molecular flexibility index (Phi) is 5.87. The lowest BCUT2D eigenvalue weighted by Gasteiger charge is -2.33. The summed E-state index contributed by atoms with van der Waals surface area (Å²) in [5.74, 6) is 0.117. The van der Waals surface area contributed by atoms with Gasteiger partial charge in [-0.3, -0.25) is 14.9 Å². The van der Waals surface area contributed by atoms with E-state index in [-0.39, 0.29) is 17.5 Å². The minimum atomic E-state index is -0.393. The molecule has 1 aliphatic heterocycles. The number of anilines is 2. The summed E-state index contributed by atoms with van der Waals surface area (Å²) < 4.78 is 1.49. The number of aromatic nitrogens is 1. The summed E-state index contributed by atoms with van der Waals surface area (Å²) >= 11 is 6.57. The second-order valence-electron chi connectivity index (χ2n) is 6.03. The molecule has 2 heterocycles. The second-order valence-corrected chi connectivity index (χ2v) is 7.86. The number of carbonyl (C=O) groups excluding carboxylic acids is 1. The third kappa shape index (κ3) is 4.39. The van der Waals surface area contributed by atoms with Crippen LogP contribution in [-0.4, -0.2) is 28.9 Å². The van der Waals surface area contributed by atoms with Gasteiger partial charge in [0, 0.05) is 34.3 Å². The van der Waals surface area contributed by atoms with E-state index in [0.29, 0.717) is 29.1 Å². The second kappa shape index (κ2) is 8.13. The van der Waals surface area contributed by atoms with Crippen LogP contribution in [0.3, 0.4) is 0 Å². The van der Waals surface area contributed by atoms with Crippen LogP contribution in [0.4, 0.5) is 17.2 Å². The van der Waals surface area contributed by atoms with E-state index in [2.05, 4.69) is 42.2 Å². The molecule has 9 heteroatoms. The van der Waals surface area contributed by atoms with Crippen LogP contribution in [-0.2, 0) is 4.79 Å². The molecule has 0 saturated carbocycles. The fourth-order valence-electron chi connectivity index (χ4n) is 3.00. The summed E-state index contributed by atoms with van der Waals surface area (Å²) in [7, 11) is 0. The average molecular weight is 484 g/mol. The maximum Gasteiger partial charge on any atom is 0.293 e. The number of pyridine rings is 1. The Morgan fingerprint density at radius 3 is 2.73 bits per heavy atom. The zero-order valence-electron chi connectivity index (χ0n) is 13.7. The van der Waals surface area contributed by atoms with Crippen LogP contribution in [0.5, 0.6) is 0 Å². The molecule has 136 valence electrons. The Bertz CT molecular complexity index is 829. The topological polar surface area (TPSA) is 88.4 Å². The highest BCUT2D eigenvalue weighted by Gasteiger charge is 2.29. The van der Waals surface area contributed by atoms with Crippen molar-refractivity contribution in [3.05, 3.63) is 55.6 Å². The molecule has 0 radical (unpaired) electrons. The van der Waals surface area contributed by atoms with Crippen molar-refractivity contribution in [2.45, 2.75) is 12.8 Å². The number of halogens is 2. The molecule has 1 N–H and O–H groups in total. The minimum Gasteiger partial charge on any atom is -0.365 e. The highest BCUT2D eigenvalue weighted by molar-refractivity contribution is 9.10. The number of nitrogens with zero attached hydrogens (tertiary/aromatic N) is 3. The highest BCUT2D eigenvalue weighted by atomic mass is 79.9. The first kappa shape index (κ1) is 18.8. The highest BCUT2D eigenvalue weighted by Crippen LogP contribution is 2.34. The summed E-state index contributed by atoms with van der Waals surface area (Å²) in [4.78, 5) is 29.6. The molecule has 7 nitrogen and oxygen atoms in total. The van der Waals surface area contributed by atoms with E-state index in [9.17, 15) is 14.9 Å². The van der Waals surface area contributed by atoms with Crippen LogP contribution in [0, 0.1) is 16.0 Å². The maximum atomic E-state index is 12.6. The van der Waals surface area contributed by atoms with Gasteiger partial charge in [-0.05, 0) is 53.0 Å². The number of carbonyl (C=O) groups is 1. The van der Waals surface area contributed by atoms with Crippen LogP contribution in [0.1, 0.15) is 12.8 Å². The van der Waals surface area contributed by atoms with Crippen LogP contribution in [0.15, 0.2) is 45.5 Å². The molecule has 1 amide bonds. The van der Waals surface area contributed by atoms with Crippen LogP contribution in [0.2, 0.25) is 0 Å². The number of hydrogen-bond donors (Lipinski definition) is 1. The molecule has 1 fully saturated rings. The Hall–Kier alpha value is -2.00. The van der Waals surface area contributed by atoms with Gasteiger partial charge in [-0.1, -0.05) is 15.9 Å². The number of rotatable bonds is 4. The van der Waals surface area contributed by atoms with E-state index in [1.165, 1.54) is 6.07 Å². The number of nitro benzene ring substituents is 1. The number of nitrogens with one attached hydrogen (secondary N) is 1. The van der Waals surface area contributed by atoms with E-state index >= 15 is 0 Å². The van der Waals surface area contributed by atoms with Gasteiger partial charge < -0.3 is 10.2 Å². The van der Waals surface area contributed by atoms with Crippen LogP contribution in [0.25, 0.3) is 0 Å². The van der Waals surface area contributed by atoms with Crippen molar-refractivity contribution in [3.8, 4) is 0 Å². The molecule has 0 aliphatic carbocycles. The molecule has 0 bridgehead atoms. The van der Waals surface area contributed by atoms with E-state index in [0.717, 1.165) is 17.3 Å². The smallest absolute Gasteiger partial charge is 0.293 e. The molecule has 1 aromatic carbocycles. The van der Waals surface area contributed by atoms with E-state index in [4.69, 9.17) is 0 Å². The molecular formula is C17H16Br2N4O3. The molecule has 1 atom stereocenters. The zero-order chi connectivity index (χ0) is 18.7. The van der Waals surface area contributed by atoms with Crippen molar-refractivity contribution in [2.75, 3.05) is 23.3 Å². The zero-order valence-corrected chi connectivity index (χ0v) is 16.9. The van der Waals surface area contributed by atoms with Crippen LogP contribution >= 0.6 is 31.9 Å². The predicted molar refractivity (Wildman–Crippen MR) is 106 cm³/mol. The first-order chi connectivity index (χ1) is 12.4. The largest absolute Gasteiger partial charge is 0.365 e. The summed E-state index contributed by atoms with van der Waals surface area (Å²) in [6.45, 7) is 1.12. The van der Waals surface area contributed by atoms with Crippen molar-refractivity contribution in [2.24, 2.45) is 5.92 Å². The fourth-order valence-corrected chi connectivity index (χ4v) is 3.58. The van der Waals surface area contributed by atoms with Gasteiger partial charge in [0.1, 0.15) is 11.5 Å².